The molecule has 5 aromatic rings. The first-order valence-corrected chi connectivity index (χ1v) is 9.72. The third kappa shape index (κ3) is 2.40. The molecule has 34 heavy (non-hydrogen) atoms. The first-order chi connectivity index (χ1) is 16.6. The molecule has 8 heteroatoms. The van der Waals surface area contributed by atoms with Crippen LogP contribution < -0.4 is 0 Å². The molecule has 0 saturated carbocycles. The van der Waals surface area contributed by atoms with Crippen molar-refractivity contribution in [2.24, 2.45) is 0 Å². The van der Waals surface area contributed by atoms with Crippen molar-refractivity contribution in [2.45, 2.75) is 0 Å². The molecule has 0 fully saturated rings. The SMILES string of the molecule is N#Cc1nc2c(nc1C#N)c1c3ccccc3ccc1c1c(C#N)c(C#N)c(C#N)c(C#N)c21. The molecule has 1 aromatic heterocycles. The number of fused-ring (bicyclic) bond motifs is 8. The Hall–Kier alpha value is -6.06. The van der Waals surface area contributed by atoms with E-state index in [2.05, 4.69) is 9.97 Å². The number of nitrogens with zero attached hydrogens (tertiary/aromatic N) is 8. The number of hydrogen-bond acceptors (Lipinski definition) is 8. The lowest BCUT2D eigenvalue weighted by molar-refractivity contribution is 1.21. The van der Waals surface area contributed by atoms with Crippen molar-refractivity contribution in [3.8, 4) is 36.4 Å². The van der Waals surface area contributed by atoms with Crippen molar-refractivity contribution in [2.75, 3.05) is 0 Å². The maximum absolute atomic E-state index is 10.0. The second-order valence-electron chi connectivity index (χ2n) is 7.25. The van der Waals surface area contributed by atoms with Crippen LogP contribution in [-0.4, -0.2) is 9.97 Å². The number of rotatable bonds is 0. The van der Waals surface area contributed by atoms with Crippen LogP contribution in [0.2, 0.25) is 0 Å². The summed E-state index contributed by atoms with van der Waals surface area (Å²) in [5, 5.41) is 61.8. The van der Waals surface area contributed by atoms with Gasteiger partial charge < -0.3 is 0 Å². The van der Waals surface area contributed by atoms with E-state index in [4.69, 9.17) is 0 Å². The van der Waals surface area contributed by atoms with Crippen LogP contribution in [0.1, 0.15) is 33.6 Å². The highest BCUT2D eigenvalue weighted by Crippen LogP contribution is 2.42. The summed E-state index contributed by atoms with van der Waals surface area (Å²) in [5.41, 5.74) is -0.744. The van der Waals surface area contributed by atoms with Crippen LogP contribution >= 0.6 is 0 Å². The van der Waals surface area contributed by atoms with E-state index in [0.717, 1.165) is 10.8 Å². The summed E-state index contributed by atoms with van der Waals surface area (Å²) < 4.78 is 0. The molecule has 0 atom stereocenters. The van der Waals surface area contributed by atoms with Crippen LogP contribution in [-0.2, 0) is 0 Å². The van der Waals surface area contributed by atoms with Crippen LogP contribution in [0.5, 0.6) is 0 Å². The van der Waals surface area contributed by atoms with Crippen LogP contribution in [0.3, 0.4) is 0 Å². The molecule has 0 aliphatic rings. The minimum absolute atomic E-state index is 0.0695. The lowest BCUT2D eigenvalue weighted by atomic mass is 9.86. The molecule has 1 heterocycles. The number of aromatic nitrogens is 2. The first kappa shape index (κ1) is 19.9. The van der Waals surface area contributed by atoms with Crippen molar-refractivity contribution < 1.29 is 0 Å². The molecule has 0 unspecified atom stereocenters. The van der Waals surface area contributed by atoms with Crippen molar-refractivity contribution in [1.82, 2.24) is 9.97 Å². The van der Waals surface area contributed by atoms with Gasteiger partial charge in [0.25, 0.3) is 0 Å². The van der Waals surface area contributed by atoms with E-state index in [1.165, 1.54) is 0 Å². The predicted octanol–water partition coefficient (Wildman–Crippen LogP) is 4.32. The van der Waals surface area contributed by atoms with Gasteiger partial charge in [0.05, 0.1) is 27.8 Å². The van der Waals surface area contributed by atoms with Gasteiger partial charge in [-0.3, -0.25) is 0 Å². The van der Waals surface area contributed by atoms with Gasteiger partial charge in [-0.1, -0.05) is 36.4 Å². The molecular weight excluding hydrogens is 424 g/mol. The summed E-state index contributed by atoms with van der Waals surface area (Å²) in [6.45, 7) is 0. The Labute approximate surface area is 191 Å². The van der Waals surface area contributed by atoms with Crippen LogP contribution in [0.25, 0.3) is 43.4 Å². The van der Waals surface area contributed by atoms with Crippen molar-refractivity contribution in [1.29, 1.82) is 31.6 Å². The molecule has 5 rings (SSSR count). The maximum atomic E-state index is 10.0. The van der Waals surface area contributed by atoms with Crippen LogP contribution in [0.4, 0.5) is 0 Å². The molecule has 0 radical (unpaired) electrons. The third-order valence-corrected chi connectivity index (χ3v) is 5.73. The Morgan fingerprint density at radius 3 is 1.56 bits per heavy atom. The Morgan fingerprint density at radius 1 is 0.471 bits per heavy atom. The number of benzene rings is 4. The second kappa shape index (κ2) is 7.27. The van der Waals surface area contributed by atoms with Gasteiger partial charge in [0.1, 0.15) is 41.9 Å². The lowest BCUT2D eigenvalue weighted by Crippen LogP contribution is -2.03. The minimum atomic E-state index is -0.250. The Morgan fingerprint density at radius 2 is 1.00 bits per heavy atom. The fourth-order valence-corrected chi connectivity index (χ4v) is 4.38. The summed E-state index contributed by atoms with van der Waals surface area (Å²) in [7, 11) is 0. The second-order valence-corrected chi connectivity index (χ2v) is 7.25. The van der Waals surface area contributed by atoms with E-state index in [-0.39, 0.29) is 55.4 Å². The summed E-state index contributed by atoms with van der Waals surface area (Å²) in [6.07, 6.45) is 0. The van der Waals surface area contributed by atoms with Gasteiger partial charge in [-0.2, -0.15) is 31.6 Å². The summed E-state index contributed by atoms with van der Waals surface area (Å²) in [4.78, 5) is 8.80. The predicted molar refractivity (Wildman–Crippen MR) is 120 cm³/mol. The van der Waals surface area contributed by atoms with Gasteiger partial charge in [0, 0.05) is 16.2 Å². The zero-order valence-electron chi connectivity index (χ0n) is 17.0. The number of hydrogen-bond donors (Lipinski definition) is 0. The van der Waals surface area contributed by atoms with Crippen LogP contribution in [0, 0.1) is 68.0 Å². The van der Waals surface area contributed by atoms with E-state index < -0.39 is 0 Å². The normalized spacial score (nSPS) is 10.2. The molecule has 0 saturated heterocycles. The average molecular weight is 430 g/mol. The topological polar surface area (TPSA) is 169 Å². The molecule has 150 valence electrons. The zero-order valence-corrected chi connectivity index (χ0v) is 17.0. The molecule has 0 amide bonds. The molecule has 8 nitrogen and oxygen atoms in total. The summed E-state index contributed by atoms with van der Waals surface area (Å²) >= 11 is 0. The maximum Gasteiger partial charge on any atom is 0.177 e. The zero-order chi connectivity index (χ0) is 24.0. The van der Waals surface area contributed by atoms with Crippen LogP contribution in [0.15, 0.2) is 36.4 Å². The summed E-state index contributed by atoms with van der Waals surface area (Å²) in [5.74, 6) is 0. The highest BCUT2D eigenvalue weighted by molar-refractivity contribution is 6.32. The van der Waals surface area contributed by atoms with Gasteiger partial charge in [-0.25, -0.2) is 9.97 Å². The Kier molecular flexibility index (Phi) is 4.25. The van der Waals surface area contributed by atoms with E-state index in [1.54, 1.807) is 6.07 Å². The lowest BCUT2D eigenvalue weighted by Gasteiger charge is -2.15. The fraction of sp³-hybridized carbons (Fsp3) is 0. The minimum Gasteiger partial charge on any atom is -0.232 e. The van der Waals surface area contributed by atoms with Crippen molar-refractivity contribution in [3.63, 3.8) is 0 Å². The van der Waals surface area contributed by atoms with E-state index in [9.17, 15) is 31.6 Å². The highest BCUT2D eigenvalue weighted by Gasteiger charge is 2.26. The standard InChI is InChI=1S/C26H6N8/c27-7-16-17(8-28)19(10-30)24-22(18(16)9-29)15-6-5-13-3-1-2-4-14(13)23(15)25-26(24)34-21(12-32)20(11-31)33-25/h1-6H. The molecule has 4 aromatic carbocycles. The monoisotopic (exact) mass is 430 g/mol. The van der Waals surface area contributed by atoms with Crippen molar-refractivity contribution >= 4 is 43.4 Å². The molecule has 0 aliphatic carbocycles. The van der Waals surface area contributed by atoms with Gasteiger partial charge in [0.15, 0.2) is 11.4 Å². The number of nitriles is 6. The van der Waals surface area contributed by atoms with Gasteiger partial charge in [-0.05, 0) is 16.2 Å². The first-order valence-electron chi connectivity index (χ1n) is 9.72. The smallest absolute Gasteiger partial charge is 0.177 e. The quantitative estimate of drug-likeness (QED) is 0.327. The summed E-state index contributed by atoms with van der Waals surface area (Å²) in [6, 6.07) is 22.5. The Bertz CT molecular complexity index is 2020. The molecule has 0 aliphatic heterocycles. The Balaban J connectivity index is 2.33. The molecule has 0 bridgehead atoms. The van der Waals surface area contributed by atoms with Gasteiger partial charge in [0.2, 0.25) is 0 Å². The van der Waals surface area contributed by atoms with Gasteiger partial charge >= 0.3 is 0 Å². The van der Waals surface area contributed by atoms with Gasteiger partial charge in [-0.15, -0.1) is 0 Å². The average Bonchev–Trinajstić information content (AvgIpc) is 2.89. The third-order valence-electron chi connectivity index (χ3n) is 5.73. The van der Waals surface area contributed by atoms with Crippen molar-refractivity contribution in [3.05, 3.63) is 70.0 Å². The largest absolute Gasteiger partial charge is 0.232 e. The highest BCUT2D eigenvalue weighted by atomic mass is 14.8. The van der Waals surface area contributed by atoms with E-state index in [1.807, 2.05) is 66.7 Å². The fourth-order valence-electron chi connectivity index (χ4n) is 4.38. The van der Waals surface area contributed by atoms with E-state index >= 15 is 0 Å². The molecule has 0 N–H and O–H groups in total. The molecule has 0 spiro atoms. The molecular formula is C26H6N8. The van der Waals surface area contributed by atoms with E-state index in [0.29, 0.717) is 10.8 Å².